The van der Waals surface area contributed by atoms with Crippen LogP contribution in [0.1, 0.15) is 127 Å². The number of phenols is 1. The molecule has 1 saturated heterocycles. The monoisotopic (exact) mass is 593 g/mol. The van der Waals surface area contributed by atoms with Crippen LogP contribution < -0.4 is 0 Å². The molecule has 6 rings (SSSR count). The predicted octanol–water partition coefficient (Wildman–Crippen LogP) is 12.1. The Balaban J connectivity index is 1.63. The van der Waals surface area contributed by atoms with Crippen LogP contribution in [0.5, 0.6) is 5.75 Å². The lowest BCUT2D eigenvalue weighted by molar-refractivity contribution is 0.257. The smallest absolute Gasteiger partial charge is 0.127 e. The molecule has 1 N–H and O–H groups in total. The summed E-state index contributed by atoms with van der Waals surface area (Å²) in [6.07, 6.45) is 15.6. The van der Waals surface area contributed by atoms with E-state index in [9.17, 15) is 5.11 Å². The standard InChI is InChI=1S/C40H52NOP/c1-28(2)33-22-14-23-34(29(3)4)37(33)41-39-40(31-18-10-6-11-19-31,26-27-43(39)32-20-12-7-13-21-32)36-25-15-24-35(38(36)42)30-16-8-5-9-17-30/h5,8-9,14-17,22-25,28-29,31-32,42H,6-7,10-13,18-21,26-27H2,1-4H3. The van der Waals surface area contributed by atoms with Gasteiger partial charge in [0.05, 0.1) is 11.1 Å². The van der Waals surface area contributed by atoms with Crippen molar-refractivity contribution in [3.63, 3.8) is 0 Å². The van der Waals surface area contributed by atoms with Crippen LogP contribution in [0.4, 0.5) is 5.69 Å². The average molecular weight is 594 g/mol. The van der Waals surface area contributed by atoms with Crippen LogP contribution in [-0.2, 0) is 5.41 Å². The zero-order valence-corrected chi connectivity index (χ0v) is 27.9. The first kappa shape index (κ1) is 30.6. The van der Waals surface area contributed by atoms with Crippen molar-refractivity contribution in [2.24, 2.45) is 10.9 Å². The lowest BCUT2D eigenvalue weighted by atomic mass is 9.63. The third-order valence-corrected chi connectivity index (χ3v) is 14.0. The molecule has 0 bridgehead atoms. The average Bonchev–Trinajstić information content (AvgIpc) is 3.41. The summed E-state index contributed by atoms with van der Waals surface area (Å²) in [7, 11) is -0.387. The molecule has 2 saturated carbocycles. The van der Waals surface area contributed by atoms with Crippen molar-refractivity contribution in [3.8, 4) is 16.9 Å². The number of benzene rings is 3. The van der Waals surface area contributed by atoms with Gasteiger partial charge in [-0.1, -0.05) is 141 Å². The van der Waals surface area contributed by atoms with E-state index in [1.54, 1.807) is 0 Å². The maximum absolute atomic E-state index is 12.3. The fraction of sp³-hybridized carbons (Fsp3) is 0.525. The second-order valence-corrected chi connectivity index (χ2v) is 16.7. The van der Waals surface area contributed by atoms with E-state index < -0.39 is 0 Å². The van der Waals surface area contributed by atoms with Crippen LogP contribution in [-0.4, -0.2) is 22.4 Å². The van der Waals surface area contributed by atoms with Gasteiger partial charge in [-0.15, -0.1) is 0 Å². The lowest BCUT2D eigenvalue weighted by Crippen LogP contribution is -2.41. The highest BCUT2D eigenvalue weighted by Gasteiger charge is 2.54. The van der Waals surface area contributed by atoms with Gasteiger partial charge in [-0.2, -0.15) is 0 Å². The van der Waals surface area contributed by atoms with Crippen molar-refractivity contribution in [1.29, 1.82) is 0 Å². The van der Waals surface area contributed by atoms with Gasteiger partial charge in [0.25, 0.3) is 0 Å². The summed E-state index contributed by atoms with van der Waals surface area (Å²) in [6, 6.07) is 24.0. The number of aromatic hydroxyl groups is 1. The molecule has 3 fully saturated rings. The predicted molar refractivity (Wildman–Crippen MR) is 187 cm³/mol. The molecule has 3 heteroatoms. The quantitative estimate of drug-likeness (QED) is 0.272. The molecule has 0 aromatic heterocycles. The van der Waals surface area contributed by atoms with Crippen molar-refractivity contribution in [1.82, 2.24) is 0 Å². The van der Waals surface area contributed by atoms with Gasteiger partial charge in [-0.05, 0) is 78.4 Å². The van der Waals surface area contributed by atoms with Crippen molar-refractivity contribution in [2.45, 2.75) is 121 Å². The molecule has 3 aromatic carbocycles. The van der Waals surface area contributed by atoms with E-state index in [0.717, 1.165) is 28.8 Å². The summed E-state index contributed by atoms with van der Waals surface area (Å²) in [5.74, 6) is 1.86. The fourth-order valence-electron chi connectivity index (χ4n) is 8.64. The third-order valence-electron chi connectivity index (χ3n) is 10.9. The van der Waals surface area contributed by atoms with E-state index in [1.807, 2.05) is 0 Å². The summed E-state index contributed by atoms with van der Waals surface area (Å²) in [4.78, 5) is 6.04. The molecular formula is C40H52NOP. The van der Waals surface area contributed by atoms with E-state index in [4.69, 9.17) is 4.99 Å². The number of hydrogen-bond donors (Lipinski definition) is 1. The Hall–Kier alpha value is -2.44. The van der Waals surface area contributed by atoms with Crippen molar-refractivity contribution >= 4 is 19.1 Å². The van der Waals surface area contributed by atoms with E-state index in [0.29, 0.717) is 23.5 Å². The summed E-state index contributed by atoms with van der Waals surface area (Å²) >= 11 is 0. The Kier molecular flexibility index (Phi) is 9.44. The summed E-state index contributed by atoms with van der Waals surface area (Å²) in [6.45, 7) is 9.30. The van der Waals surface area contributed by atoms with Gasteiger partial charge >= 0.3 is 0 Å². The minimum atomic E-state index is -0.387. The first-order chi connectivity index (χ1) is 20.9. The first-order valence-corrected chi connectivity index (χ1v) is 18.9. The molecule has 1 aliphatic heterocycles. The molecule has 2 aliphatic carbocycles. The van der Waals surface area contributed by atoms with E-state index >= 15 is 0 Å². The fourth-order valence-corrected chi connectivity index (χ4v) is 12.3. The normalized spacial score (nSPS) is 24.8. The zero-order chi connectivity index (χ0) is 30.0. The molecule has 0 radical (unpaired) electrons. The van der Waals surface area contributed by atoms with Crippen LogP contribution in [0.3, 0.4) is 0 Å². The molecule has 0 spiro atoms. The van der Waals surface area contributed by atoms with Crippen molar-refractivity contribution in [2.75, 3.05) is 6.16 Å². The highest BCUT2D eigenvalue weighted by Crippen LogP contribution is 2.66. The van der Waals surface area contributed by atoms with Crippen LogP contribution in [0.15, 0.2) is 71.7 Å². The zero-order valence-electron chi connectivity index (χ0n) is 27.0. The van der Waals surface area contributed by atoms with Gasteiger partial charge in [0, 0.05) is 16.5 Å². The molecule has 2 nitrogen and oxygen atoms in total. The number of rotatable bonds is 7. The van der Waals surface area contributed by atoms with Gasteiger partial charge in [0.15, 0.2) is 0 Å². The lowest BCUT2D eigenvalue weighted by Gasteiger charge is -2.43. The van der Waals surface area contributed by atoms with Gasteiger partial charge in [-0.25, -0.2) is 0 Å². The van der Waals surface area contributed by atoms with Gasteiger partial charge in [0.1, 0.15) is 5.75 Å². The second-order valence-electron chi connectivity index (χ2n) is 14.1. The van der Waals surface area contributed by atoms with Crippen molar-refractivity contribution < 1.29 is 5.11 Å². The van der Waals surface area contributed by atoms with Gasteiger partial charge in [0.2, 0.25) is 0 Å². The first-order valence-electron chi connectivity index (χ1n) is 17.3. The SMILES string of the molecule is CC(C)c1cccc(C(C)C)c1N=C1P(C2CCCCC2)CCC1(c1cccc(-c2ccccc2)c1O)C1CCCCC1. The summed E-state index contributed by atoms with van der Waals surface area (Å²) in [5.41, 5.74) is 9.27. The molecule has 2 atom stereocenters. The van der Waals surface area contributed by atoms with E-state index in [-0.39, 0.29) is 13.3 Å². The molecular weight excluding hydrogens is 541 g/mol. The summed E-state index contributed by atoms with van der Waals surface area (Å²) < 4.78 is 0. The number of phenolic OH excluding ortho intramolecular Hbond substituents is 1. The minimum absolute atomic E-state index is 0.198. The Morgan fingerprint density at radius 1 is 0.721 bits per heavy atom. The number of aliphatic imine (C=N–C) groups is 1. The molecule has 0 amide bonds. The van der Waals surface area contributed by atoms with Crippen LogP contribution in [0, 0.1) is 5.92 Å². The van der Waals surface area contributed by atoms with Crippen molar-refractivity contribution in [3.05, 3.63) is 83.4 Å². The molecule has 228 valence electrons. The maximum Gasteiger partial charge on any atom is 0.127 e. The second kappa shape index (κ2) is 13.3. The molecule has 2 unspecified atom stereocenters. The minimum Gasteiger partial charge on any atom is -0.507 e. The third kappa shape index (κ3) is 5.86. The van der Waals surface area contributed by atoms with E-state index in [1.165, 1.54) is 92.6 Å². The molecule has 43 heavy (non-hydrogen) atoms. The van der Waals surface area contributed by atoms with Gasteiger partial charge in [-0.3, -0.25) is 4.99 Å². The molecule has 3 aromatic rings. The van der Waals surface area contributed by atoms with Crippen LogP contribution >= 0.6 is 7.92 Å². The summed E-state index contributed by atoms with van der Waals surface area (Å²) in [5, 5.41) is 12.3. The highest BCUT2D eigenvalue weighted by atomic mass is 31.1. The Morgan fingerprint density at radius 3 is 1.95 bits per heavy atom. The van der Waals surface area contributed by atoms with Gasteiger partial charge < -0.3 is 5.11 Å². The molecule has 3 aliphatic rings. The topological polar surface area (TPSA) is 32.6 Å². The Labute approximate surface area is 262 Å². The maximum atomic E-state index is 12.3. The largest absolute Gasteiger partial charge is 0.507 e. The Bertz CT molecular complexity index is 1390. The van der Waals surface area contributed by atoms with Crippen LogP contribution in [0.25, 0.3) is 11.1 Å². The molecule has 1 heterocycles. The number of hydrogen-bond acceptors (Lipinski definition) is 2. The number of nitrogens with zero attached hydrogens (tertiary/aromatic N) is 1. The Morgan fingerprint density at radius 2 is 1.33 bits per heavy atom. The van der Waals surface area contributed by atoms with Crippen LogP contribution in [0.2, 0.25) is 0 Å². The van der Waals surface area contributed by atoms with E-state index in [2.05, 4.69) is 94.4 Å². The highest BCUT2D eigenvalue weighted by molar-refractivity contribution is 7.76. The number of para-hydroxylation sites is 2.